The number of phosphoric ester groups is 1. The molecule has 0 amide bonds. The molecule has 0 aliphatic carbocycles. The van der Waals surface area contributed by atoms with E-state index in [1.807, 2.05) is 78.9 Å². The monoisotopic (exact) mass is 742 g/mol. The Bertz CT molecular complexity index is 2160. The van der Waals surface area contributed by atoms with Crippen molar-refractivity contribution in [1.82, 2.24) is 9.13 Å². The summed E-state index contributed by atoms with van der Waals surface area (Å²) in [5.74, 6) is 0.452. The number of carbonyl (C=O) groups is 1. The van der Waals surface area contributed by atoms with Crippen LogP contribution >= 0.6 is 7.82 Å². The van der Waals surface area contributed by atoms with Gasteiger partial charge in [-0.15, -0.1) is 0 Å². The molecule has 0 spiro atoms. The molecule has 0 radical (unpaired) electrons. The summed E-state index contributed by atoms with van der Waals surface area (Å²) in [6.45, 7) is 1.25. The van der Waals surface area contributed by atoms with Crippen LogP contribution in [0.3, 0.4) is 0 Å². The first kappa shape index (κ1) is 37.6. The predicted molar refractivity (Wildman–Crippen MR) is 194 cm³/mol. The van der Waals surface area contributed by atoms with E-state index in [2.05, 4.69) is 0 Å². The Morgan fingerprint density at radius 2 is 1.36 bits per heavy atom. The third-order valence-electron chi connectivity index (χ3n) is 9.14. The van der Waals surface area contributed by atoms with Crippen molar-refractivity contribution in [3.63, 3.8) is 0 Å². The number of benzene rings is 4. The van der Waals surface area contributed by atoms with Gasteiger partial charge in [-0.2, -0.15) is 4.57 Å². The third-order valence-corrected chi connectivity index (χ3v) is 10.1. The number of aromatic nitrogens is 2. The van der Waals surface area contributed by atoms with E-state index in [-0.39, 0.29) is 24.2 Å². The van der Waals surface area contributed by atoms with Crippen LogP contribution in [0.5, 0.6) is 11.5 Å². The van der Waals surface area contributed by atoms with Gasteiger partial charge in [-0.05, 0) is 60.0 Å². The van der Waals surface area contributed by atoms with Gasteiger partial charge < -0.3 is 23.8 Å². The highest BCUT2D eigenvalue weighted by atomic mass is 31.2. The fourth-order valence-corrected chi connectivity index (χ4v) is 7.07. The highest BCUT2D eigenvalue weighted by Gasteiger charge is 2.45. The van der Waals surface area contributed by atoms with Crippen LogP contribution in [0.15, 0.2) is 125 Å². The van der Waals surface area contributed by atoms with Crippen molar-refractivity contribution in [3.05, 3.63) is 164 Å². The maximum absolute atomic E-state index is 13.9. The minimum absolute atomic E-state index is 0.0986. The lowest BCUT2D eigenvalue weighted by Gasteiger charge is -2.37. The van der Waals surface area contributed by atoms with E-state index in [1.54, 1.807) is 32.4 Å². The van der Waals surface area contributed by atoms with Crippen LogP contribution in [0.1, 0.15) is 45.3 Å². The molecule has 1 N–H and O–H groups in total. The van der Waals surface area contributed by atoms with Crippen molar-refractivity contribution in [2.75, 3.05) is 27.9 Å². The summed E-state index contributed by atoms with van der Waals surface area (Å²) in [7, 11) is -0.409. The van der Waals surface area contributed by atoms with Crippen molar-refractivity contribution in [2.45, 2.75) is 37.4 Å². The lowest BCUT2D eigenvalue weighted by atomic mass is 9.80. The Kier molecular flexibility index (Phi) is 11.2. The number of methoxy groups -OCH3 is 2. The lowest BCUT2D eigenvalue weighted by Crippen LogP contribution is -2.45. The second-order valence-electron chi connectivity index (χ2n) is 12.3. The maximum Gasteiger partial charge on any atom is 0.472 e. The molecule has 5 aromatic rings. The molecule has 6 rings (SSSR count). The zero-order valence-electron chi connectivity index (χ0n) is 29.5. The summed E-state index contributed by atoms with van der Waals surface area (Å²) >= 11 is 0. The summed E-state index contributed by atoms with van der Waals surface area (Å²) in [5, 5.41) is 0. The first-order valence-electron chi connectivity index (χ1n) is 16.7. The van der Waals surface area contributed by atoms with Crippen molar-refractivity contribution in [1.29, 1.82) is 0 Å². The van der Waals surface area contributed by atoms with Crippen molar-refractivity contribution < 1.29 is 42.2 Å². The molecule has 276 valence electrons. The Hall–Kier alpha value is -5.14. The average molecular weight is 743 g/mol. The molecule has 4 atom stereocenters. The van der Waals surface area contributed by atoms with Gasteiger partial charge in [0.1, 0.15) is 35.5 Å². The van der Waals surface area contributed by atoms with Crippen LogP contribution in [0.4, 0.5) is 0 Å². The smallest absolute Gasteiger partial charge is 0.472 e. The topological polar surface area (TPSA) is 154 Å². The van der Waals surface area contributed by atoms with E-state index in [9.17, 15) is 23.8 Å². The molecule has 2 heterocycles. The van der Waals surface area contributed by atoms with E-state index < -0.39 is 49.0 Å². The molecule has 14 heteroatoms. The van der Waals surface area contributed by atoms with Crippen LogP contribution in [-0.2, 0) is 28.7 Å². The Labute approximate surface area is 305 Å². The van der Waals surface area contributed by atoms with Crippen LogP contribution in [0.2, 0.25) is 0 Å². The second-order valence-corrected chi connectivity index (χ2v) is 13.8. The Balaban J connectivity index is 1.43. The van der Waals surface area contributed by atoms with Crippen LogP contribution in [-0.4, -0.2) is 60.1 Å². The largest absolute Gasteiger partial charge is 0.497 e. The first-order chi connectivity index (χ1) is 25.5. The molecule has 1 aromatic heterocycles. The van der Waals surface area contributed by atoms with E-state index >= 15 is 0 Å². The average Bonchev–Trinajstić information content (AvgIpc) is 3.58. The number of rotatable bonds is 13. The van der Waals surface area contributed by atoms with Crippen molar-refractivity contribution in [2.24, 2.45) is 0 Å². The summed E-state index contributed by atoms with van der Waals surface area (Å²) in [4.78, 5) is 50.9. The standard InChI is InChI=1S/C39H39N2O11P/c1-26-24-40(38(44)41(36(26)42)37(43)27-11-7-5-8-12-27)35-23-33(52-53(45,46)49-4)34(51-35)25-50-39(28-13-9-6-10-14-28,29-15-19-31(47-2)20-16-29)30-17-21-32(48-3)22-18-30/h5-22,24,33-35H,23,25H2,1-4H3,(H,45,46)/t33-,34+,35+/m0/s1. The molecule has 53 heavy (non-hydrogen) atoms. The first-order valence-corrected chi connectivity index (χ1v) is 18.2. The minimum Gasteiger partial charge on any atom is -0.497 e. The molecule has 1 unspecified atom stereocenters. The molecule has 1 aliphatic heterocycles. The van der Waals surface area contributed by atoms with E-state index in [1.165, 1.54) is 25.3 Å². The number of ether oxygens (including phenoxy) is 4. The van der Waals surface area contributed by atoms with Crippen LogP contribution < -0.4 is 20.7 Å². The molecule has 1 saturated heterocycles. The minimum atomic E-state index is -4.59. The summed E-state index contributed by atoms with van der Waals surface area (Å²) in [6, 6.07) is 32.2. The predicted octanol–water partition coefficient (Wildman–Crippen LogP) is 5.45. The van der Waals surface area contributed by atoms with Gasteiger partial charge in [-0.25, -0.2) is 9.36 Å². The highest BCUT2D eigenvalue weighted by molar-refractivity contribution is 7.47. The zero-order chi connectivity index (χ0) is 37.8. The lowest BCUT2D eigenvalue weighted by molar-refractivity contribution is -0.0938. The normalized spacial score (nSPS) is 18.3. The highest BCUT2D eigenvalue weighted by Crippen LogP contribution is 2.48. The van der Waals surface area contributed by atoms with Gasteiger partial charge in [0.15, 0.2) is 0 Å². The number of aryl methyl sites for hydroxylation is 1. The van der Waals surface area contributed by atoms with Crippen LogP contribution in [0, 0.1) is 6.92 Å². The quantitative estimate of drug-likeness (QED) is 0.121. The van der Waals surface area contributed by atoms with Gasteiger partial charge in [0.05, 0.1) is 20.8 Å². The molecular weight excluding hydrogens is 703 g/mol. The van der Waals surface area contributed by atoms with E-state index in [0.29, 0.717) is 16.1 Å². The van der Waals surface area contributed by atoms with E-state index in [4.69, 9.17) is 28.0 Å². The summed E-state index contributed by atoms with van der Waals surface area (Å²) < 4.78 is 49.1. The number of carbonyl (C=O) groups excluding carboxylic acids is 1. The Morgan fingerprint density at radius 3 is 1.89 bits per heavy atom. The Morgan fingerprint density at radius 1 is 0.830 bits per heavy atom. The number of hydrogen-bond donors (Lipinski definition) is 1. The number of phosphoric acid groups is 1. The maximum atomic E-state index is 13.9. The number of nitrogens with zero attached hydrogens (tertiary/aromatic N) is 2. The van der Waals surface area contributed by atoms with Gasteiger partial charge in [-0.3, -0.25) is 23.2 Å². The van der Waals surface area contributed by atoms with Gasteiger partial charge in [0.2, 0.25) is 0 Å². The molecule has 0 bridgehead atoms. The molecule has 4 aromatic carbocycles. The fourth-order valence-electron chi connectivity index (χ4n) is 6.42. The van der Waals surface area contributed by atoms with Gasteiger partial charge in [0.25, 0.3) is 11.5 Å². The SMILES string of the molecule is COc1ccc(C(OC[C@H]2O[C@@H](n3cc(C)c(=O)n(C(=O)c4ccccc4)c3=O)C[C@@H]2OP(=O)(O)OC)(c2ccccc2)c2ccc(OC)cc2)cc1. The van der Waals surface area contributed by atoms with Gasteiger partial charge >= 0.3 is 13.5 Å². The van der Waals surface area contributed by atoms with Crippen molar-refractivity contribution in [3.8, 4) is 11.5 Å². The summed E-state index contributed by atoms with van der Waals surface area (Å²) in [5.41, 5.74) is -0.565. The molecule has 13 nitrogen and oxygen atoms in total. The molecule has 1 aliphatic rings. The van der Waals surface area contributed by atoms with Gasteiger partial charge in [0, 0.05) is 30.9 Å². The zero-order valence-corrected chi connectivity index (χ0v) is 30.4. The van der Waals surface area contributed by atoms with Crippen molar-refractivity contribution >= 4 is 13.7 Å². The van der Waals surface area contributed by atoms with E-state index in [0.717, 1.165) is 28.4 Å². The molecule has 1 fully saturated rings. The summed E-state index contributed by atoms with van der Waals surface area (Å²) in [6.07, 6.45) is -2.19. The number of hydrogen-bond acceptors (Lipinski definition) is 10. The fraction of sp³-hybridized carbons (Fsp3) is 0.256. The third kappa shape index (κ3) is 7.67. The molecular formula is C39H39N2O11P. The molecule has 0 saturated carbocycles. The second kappa shape index (κ2) is 15.8. The van der Waals surface area contributed by atoms with Crippen LogP contribution in [0.25, 0.3) is 0 Å². The van der Waals surface area contributed by atoms with Gasteiger partial charge in [-0.1, -0.05) is 72.8 Å².